The highest BCUT2D eigenvalue weighted by molar-refractivity contribution is 7.86. The van der Waals surface area contributed by atoms with E-state index in [-0.39, 0.29) is 111 Å². The third kappa shape index (κ3) is 13.4. The molecule has 4 aromatic carbocycles. The lowest BCUT2D eigenvalue weighted by molar-refractivity contribution is 0.154. The Morgan fingerprint density at radius 2 is 1.00 bits per heavy atom. The Kier molecular flexibility index (Phi) is 16.6. The van der Waals surface area contributed by atoms with Gasteiger partial charge in [-0.1, -0.05) is 66.7 Å². The van der Waals surface area contributed by atoms with Gasteiger partial charge in [-0.15, -0.1) is 0 Å². The van der Waals surface area contributed by atoms with Crippen LogP contribution >= 0.6 is 0 Å². The number of nitrogens with one attached hydrogen (secondary N) is 3. The van der Waals surface area contributed by atoms with E-state index in [1.54, 1.807) is 59.4 Å². The first-order chi connectivity index (χ1) is 31.7. The summed E-state index contributed by atoms with van der Waals surface area (Å²) in [5, 5.41) is 50.8. The normalized spacial score (nSPS) is 11.8. The van der Waals surface area contributed by atoms with E-state index < -0.39 is 30.0 Å². The summed E-state index contributed by atoms with van der Waals surface area (Å²) in [7, 11) is -8.17. The van der Waals surface area contributed by atoms with Crippen LogP contribution in [-0.4, -0.2) is 141 Å². The molecule has 0 unspecified atom stereocenters. The average molecular weight is 945 g/mol. The molecule has 0 atom stereocenters. The number of rotatable bonds is 23. The maximum absolute atomic E-state index is 12.8. The molecule has 348 valence electrons. The molecule has 2 aromatic heterocycles. The van der Waals surface area contributed by atoms with Crippen molar-refractivity contribution < 1.29 is 46.4 Å². The van der Waals surface area contributed by atoms with Crippen molar-refractivity contribution in [3.05, 3.63) is 120 Å². The van der Waals surface area contributed by atoms with E-state index in [0.29, 0.717) is 16.9 Å². The van der Waals surface area contributed by atoms with Gasteiger partial charge in [-0.3, -0.25) is 14.1 Å². The van der Waals surface area contributed by atoms with Crippen molar-refractivity contribution >= 4 is 79.2 Å². The molecule has 2 heterocycles. The number of aliphatic hydroxyl groups is 4. The molecule has 0 saturated heterocycles. The number of benzene rings is 4. The van der Waals surface area contributed by atoms with E-state index in [9.17, 15) is 46.4 Å². The Morgan fingerprint density at radius 1 is 0.530 bits per heavy atom. The van der Waals surface area contributed by atoms with E-state index in [4.69, 9.17) is 0 Å². The number of aromatic nitrogens is 6. The number of aliphatic hydroxyl groups excluding tert-OH is 4. The lowest BCUT2D eigenvalue weighted by Gasteiger charge is -2.31. The van der Waals surface area contributed by atoms with Gasteiger partial charge in [-0.2, -0.15) is 46.7 Å². The van der Waals surface area contributed by atoms with Crippen molar-refractivity contribution in [3.8, 4) is 0 Å². The monoisotopic (exact) mass is 944 g/mol. The van der Waals surface area contributed by atoms with E-state index >= 15 is 0 Å². The Hall–Kier alpha value is -6.74. The van der Waals surface area contributed by atoms with Crippen LogP contribution in [0.2, 0.25) is 0 Å². The molecular weight excluding hydrogens is 897 g/mol. The van der Waals surface area contributed by atoms with E-state index in [1.165, 1.54) is 41.4 Å². The Morgan fingerprint density at radius 3 is 1.52 bits per heavy atom. The fraction of sp³-hybridized carbons (Fsp3) is 0.238. The Bertz CT molecular complexity index is 2820. The largest absolute Gasteiger partial charge is 0.395 e. The van der Waals surface area contributed by atoms with Crippen LogP contribution in [0.3, 0.4) is 0 Å². The zero-order chi connectivity index (χ0) is 47.3. The van der Waals surface area contributed by atoms with Crippen molar-refractivity contribution in [1.82, 2.24) is 34.9 Å². The summed E-state index contributed by atoms with van der Waals surface area (Å²) in [4.78, 5) is 27.3. The molecule has 6 rings (SSSR count). The molecule has 0 fully saturated rings. The predicted octanol–water partition coefficient (Wildman–Crippen LogP) is 2.97. The molecule has 66 heavy (non-hydrogen) atoms. The van der Waals surface area contributed by atoms with Crippen LogP contribution < -0.4 is 25.9 Å². The molecular formula is C42H48N12O10S2. The highest BCUT2D eigenvalue weighted by atomic mass is 32.2. The third-order valence-electron chi connectivity index (χ3n) is 9.51. The third-order valence-corrected chi connectivity index (χ3v) is 11.3. The summed E-state index contributed by atoms with van der Waals surface area (Å²) < 4.78 is 71.8. The molecule has 0 spiro atoms. The summed E-state index contributed by atoms with van der Waals surface area (Å²) >= 11 is 0. The number of hydrogen-bond acceptors (Lipinski definition) is 20. The second kappa shape index (κ2) is 22.4. The molecule has 24 heteroatoms. The van der Waals surface area contributed by atoms with Gasteiger partial charge >= 0.3 is 0 Å². The summed E-state index contributed by atoms with van der Waals surface area (Å²) in [6, 6.07) is 26.1. The highest BCUT2D eigenvalue weighted by Gasteiger charge is 2.21. The van der Waals surface area contributed by atoms with Gasteiger partial charge in [0.2, 0.25) is 29.7 Å². The molecule has 0 aliphatic rings. The standard InChI is InChI=1S/C42H48N12O10S2/c1-52(54(20-24-57)21-25-58)41-49-39(44-33-10-6-3-7-11-33)48-40(50-41)45-34-17-16-31(36(28-34)66(62,63)64)15-14-30-13-12-29(26-35(30)65(59,60)61)27-37-46-38(43-32-8-4-2-5-9-32)51-42(47-37)53(18-22-55)19-23-56/h2-17,26,28,55-58H,18-25,27H2,1H3,(H,59,60,61)(H,62,63,64)(H,43,46,47,51)(H2,44,45,48,49,50)/b15-14+. The number of nitrogens with zero attached hydrogens (tertiary/aromatic N) is 9. The molecule has 0 amide bonds. The Labute approximate surface area is 380 Å². The fourth-order valence-electron chi connectivity index (χ4n) is 6.44. The van der Waals surface area contributed by atoms with E-state index in [1.807, 2.05) is 24.3 Å². The summed E-state index contributed by atoms with van der Waals surface area (Å²) in [5.74, 6) is 0.600. The Balaban J connectivity index is 1.31. The first-order valence-electron chi connectivity index (χ1n) is 20.2. The van der Waals surface area contributed by atoms with E-state index in [0.717, 1.165) is 6.07 Å². The fourth-order valence-corrected chi connectivity index (χ4v) is 7.89. The van der Waals surface area contributed by atoms with Gasteiger partial charge in [0.15, 0.2) is 0 Å². The van der Waals surface area contributed by atoms with Crippen molar-refractivity contribution in [2.24, 2.45) is 0 Å². The van der Waals surface area contributed by atoms with Gasteiger partial charge in [-0.25, -0.2) is 5.01 Å². The van der Waals surface area contributed by atoms with Crippen LogP contribution in [0.4, 0.5) is 46.8 Å². The van der Waals surface area contributed by atoms with Crippen molar-refractivity contribution in [1.29, 1.82) is 0 Å². The summed E-state index contributed by atoms with van der Waals surface area (Å²) in [5.41, 5.74) is 1.71. The van der Waals surface area contributed by atoms with Crippen LogP contribution in [0, 0.1) is 0 Å². The van der Waals surface area contributed by atoms with Gasteiger partial charge in [0, 0.05) is 56.7 Å². The first kappa shape index (κ1) is 48.7. The van der Waals surface area contributed by atoms with Gasteiger partial charge < -0.3 is 41.3 Å². The zero-order valence-electron chi connectivity index (χ0n) is 35.4. The smallest absolute Gasteiger partial charge is 0.295 e. The minimum absolute atomic E-state index is 0.0266. The minimum Gasteiger partial charge on any atom is -0.395 e. The van der Waals surface area contributed by atoms with Gasteiger partial charge in [0.05, 0.1) is 26.4 Å². The topological polar surface area (TPSA) is 313 Å². The molecule has 0 radical (unpaired) electrons. The predicted molar refractivity (Wildman–Crippen MR) is 247 cm³/mol. The minimum atomic E-state index is -4.91. The number of hydrazine groups is 1. The van der Waals surface area contributed by atoms with Crippen molar-refractivity contribution in [2.75, 3.05) is 85.5 Å². The maximum atomic E-state index is 12.8. The van der Waals surface area contributed by atoms with Gasteiger partial charge in [-0.05, 0) is 59.2 Å². The molecule has 22 nitrogen and oxygen atoms in total. The zero-order valence-corrected chi connectivity index (χ0v) is 37.0. The molecule has 9 N–H and O–H groups in total. The molecule has 6 aromatic rings. The number of hydrogen-bond donors (Lipinski definition) is 9. The van der Waals surface area contributed by atoms with Crippen molar-refractivity contribution in [2.45, 2.75) is 16.2 Å². The highest BCUT2D eigenvalue weighted by Crippen LogP contribution is 2.28. The first-order valence-corrected chi connectivity index (χ1v) is 23.0. The van der Waals surface area contributed by atoms with Gasteiger partial charge in [0.1, 0.15) is 15.6 Å². The summed E-state index contributed by atoms with van der Waals surface area (Å²) in [6.45, 7) is -0.476. The second-order valence-electron chi connectivity index (χ2n) is 14.2. The second-order valence-corrected chi connectivity index (χ2v) is 17.0. The van der Waals surface area contributed by atoms with Crippen LogP contribution in [0.25, 0.3) is 12.2 Å². The number of anilines is 8. The molecule has 0 aliphatic heterocycles. The molecule has 0 saturated carbocycles. The summed E-state index contributed by atoms with van der Waals surface area (Å²) in [6.07, 6.45) is 2.46. The molecule has 0 aliphatic carbocycles. The van der Waals surface area contributed by atoms with Crippen LogP contribution in [0.5, 0.6) is 0 Å². The molecule has 0 bridgehead atoms. The lowest BCUT2D eigenvalue weighted by Crippen LogP contribution is -2.44. The number of para-hydroxylation sites is 2. The lowest BCUT2D eigenvalue weighted by atomic mass is 10.1. The quantitative estimate of drug-likeness (QED) is 0.0253. The van der Waals surface area contributed by atoms with E-state index in [2.05, 4.69) is 45.9 Å². The average Bonchev–Trinajstić information content (AvgIpc) is 3.28. The SMILES string of the molecule is CN(c1nc(Nc2ccccc2)nc(Nc2ccc(/C=C/c3ccc(Cc4nc(Nc5ccccc5)nc(N(CCO)CCO)n4)cc3S(=O)(=O)O)c(S(=O)(=O)O)c2)n1)N(CCO)CCO. The maximum Gasteiger partial charge on any atom is 0.295 e. The van der Waals surface area contributed by atoms with Crippen LogP contribution in [0.15, 0.2) is 107 Å². The van der Waals surface area contributed by atoms with Crippen molar-refractivity contribution in [3.63, 3.8) is 0 Å². The van der Waals surface area contributed by atoms with Crippen LogP contribution in [0.1, 0.15) is 22.5 Å². The van der Waals surface area contributed by atoms with Gasteiger partial charge in [0.25, 0.3) is 20.2 Å². The van der Waals surface area contributed by atoms with Crippen LogP contribution in [-0.2, 0) is 26.7 Å².